The van der Waals surface area contributed by atoms with E-state index in [1.165, 1.54) is 40.3 Å². The van der Waals surface area contributed by atoms with E-state index < -0.39 is 10.0 Å². The lowest BCUT2D eigenvalue weighted by Crippen LogP contribution is -2.30. The van der Waals surface area contributed by atoms with Crippen LogP contribution in [-0.4, -0.2) is 76.0 Å². The lowest BCUT2D eigenvalue weighted by atomic mass is 10.0. The standard InChI is InChI=1S/C31H35N7O5S3/c1-5-37(6-2)46(41,42)24-15-11-22(12-16-24)30(40)32-19-28-33-34-31(36(28)3)45-20-29(39)38-26(21-9-13-23(43-4)14-10-21)18-25(35-38)27-8-7-17-44-27/h7-17,26H,5-6,18-20H2,1-4H3,(H,32,40). The lowest BCUT2D eigenvalue weighted by Gasteiger charge is -2.22. The Labute approximate surface area is 276 Å². The molecule has 2 aromatic carbocycles. The quantitative estimate of drug-likeness (QED) is 0.206. The number of nitrogens with one attached hydrogen (secondary N) is 1. The van der Waals surface area contributed by atoms with Crippen LogP contribution in [0.2, 0.25) is 0 Å². The largest absolute Gasteiger partial charge is 0.497 e. The number of benzene rings is 2. The van der Waals surface area contributed by atoms with Crippen LogP contribution in [0.25, 0.3) is 0 Å². The van der Waals surface area contributed by atoms with Gasteiger partial charge in [0, 0.05) is 32.1 Å². The van der Waals surface area contributed by atoms with Gasteiger partial charge in [0.05, 0.1) is 40.9 Å². The number of nitrogens with zero attached hydrogens (tertiary/aromatic N) is 6. The lowest BCUT2D eigenvalue weighted by molar-refractivity contribution is -0.130. The van der Waals surface area contributed by atoms with Crippen LogP contribution in [0.5, 0.6) is 5.75 Å². The Morgan fingerprint density at radius 3 is 2.41 bits per heavy atom. The minimum absolute atomic E-state index is 0.0922. The van der Waals surface area contributed by atoms with E-state index >= 15 is 0 Å². The van der Waals surface area contributed by atoms with E-state index in [-0.39, 0.29) is 35.0 Å². The number of ether oxygens (including phenoxy) is 1. The minimum atomic E-state index is -3.61. The molecule has 5 rings (SSSR count). The van der Waals surface area contributed by atoms with Gasteiger partial charge in [0.15, 0.2) is 11.0 Å². The summed E-state index contributed by atoms with van der Waals surface area (Å²) in [7, 11) is -0.229. The van der Waals surface area contributed by atoms with Crippen molar-refractivity contribution >= 4 is 50.6 Å². The molecule has 3 heterocycles. The molecule has 0 saturated carbocycles. The SMILES string of the molecule is CCN(CC)S(=O)(=O)c1ccc(C(=O)NCc2nnc(SCC(=O)N3N=C(c4cccs4)CC3c3ccc(OC)cc3)n2C)cc1. The van der Waals surface area contributed by atoms with Crippen molar-refractivity contribution in [2.24, 2.45) is 12.1 Å². The number of carbonyl (C=O) groups excluding carboxylic acids is 2. The number of aromatic nitrogens is 3. The number of sulfonamides is 1. The van der Waals surface area contributed by atoms with E-state index in [0.717, 1.165) is 21.9 Å². The summed E-state index contributed by atoms with van der Waals surface area (Å²) in [6, 6.07) is 17.2. The number of rotatable bonds is 13. The van der Waals surface area contributed by atoms with Crippen LogP contribution in [0.1, 0.15) is 52.9 Å². The van der Waals surface area contributed by atoms with Gasteiger partial charge in [-0.15, -0.1) is 21.5 Å². The summed E-state index contributed by atoms with van der Waals surface area (Å²) in [6.07, 6.45) is 0.603. The van der Waals surface area contributed by atoms with Crippen molar-refractivity contribution < 1.29 is 22.7 Å². The summed E-state index contributed by atoms with van der Waals surface area (Å²) < 4.78 is 33.9. The van der Waals surface area contributed by atoms with Gasteiger partial charge in [-0.3, -0.25) is 9.59 Å². The van der Waals surface area contributed by atoms with Gasteiger partial charge in [-0.05, 0) is 53.4 Å². The van der Waals surface area contributed by atoms with E-state index in [9.17, 15) is 18.0 Å². The average molecular weight is 682 g/mol. The fraction of sp³-hybridized carbons (Fsp3) is 0.323. The minimum Gasteiger partial charge on any atom is -0.497 e. The molecule has 4 aromatic rings. The third-order valence-corrected chi connectivity index (χ3v) is 11.6. The third-order valence-electron chi connectivity index (χ3n) is 7.59. The first-order valence-corrected chi connectivity index (χ1v) is 17.9. The third kappa shape index (κ3) is 7.17. The summed E-state index contributed by atoms with van der Waals surface area (Å²) >= 11 is 2.83. The summed E-state index contributed by atoms with van der Waals surface area (Å²) in [6.45, 7) is 4.37. The molecule has 1 unspecified atom stereocenters. The Morgan fingerprint density at radius 2 is 1.78 bits per heavy atom. The molecule has 1 aliphatic heterocycles. The van der Waals surface area contributed by atoms with Gasteiger partial charge in [0.25, 0.3) is 11.8 Å². The highest BCUT2D eigenvalue weighted by molar-refractivity contribution is 7.99. The highest BCUT2D eigenvalue weighted by Gasteiger charge is 2.33. The van der Waals surface area contributed by atoms with Gasteiger partial charge < -0.3 is 14.6 Å². The zero-order valence-corrected chi connectivity index (χ0v) is 28.4. The normalized spacial score (nSPS) is 14.8. The topological polar surface area (TPSA) is 139 Å². The predicted molar refractivity (Wildman–Crippen MR) is 177 cm³/mol. The maximum absolute atomic E-state index is 13.5. The van der Waals surface area contributed by atoms with Crippen LogP contribution in [-0.2, 0) is 28.4 Å². The fourth-order valence-electron chi connectivity index (χ4n) is 4.99. The summed E-state index contributed by atoms with van der Waals surface area (Å²) in [5.74, 6) is 0.788. The molecule has 46 heavy (non-hydrogen) atoms. The number of thiophene rings is 1. The van der Waals surface area contributed by atoms with Crippen LogP contribution in [0.4, 0.5) is 0 Å². The highest BCUT2D eigenvalue weighted by atomic mass is 32.2. The molecule has 242 valence electrons. The van der Waals surface area contributed by atoms with Crippen LogP contribution in [0.3, 0.4) is 0 Å². The molecule has 0 bridgehead atoms. The molecule has 2 aromatic heterocycles. The summed E-state index contributed by atoms with van der Waals surface area (Å²) in [5, 5.41) is 20.0. The number of methoxy groups -OCH3 is 1. The Kier molecular flexibility index (Phi) is 10.6. The molecule has 12 nitrogen and oxygen atoms in total. The van der Waals surface area contributed by atoms with Gasteiger partial charge in [-0.2, -0.15) is 9.41 Å². The molecule has 0 spiro atoms. The Morgan fingerprint density at radius 1 is 1.07 bits per heavy atom. The smallest absolute Gasteiger partial charge is 0.253 e. The second kappa shape index (κ2) is 14.6. The maximum atomic E-state index is 13.5. The number of hydrogen-bond donors (Lipinski definition) is 1. The van der Waals surface area contributed by atoms with Crippen molar-refractivity contribution in [3.8, 4) is 5.75 Å². The number of hydrazone groups is 1. The second-order valence-corrected chi connectivity index (χ2v) is 14.1. The first-order chi connectivity index (χ1) is 22.2. The Bertz CT molecular complexity index is 1800. The Hall–Kier alpha value is -4.05. The summed E-state index contributed by atoms with van der Waals surface area (Å²) in [5.41, 5.74) is 2.15. The molecule has 0 saturated heterocycles. The van der Waals surface area contributed by atoms with Gasteiger partial charge >= 0.3 is 0 Å². The number of amides is 2. The Balaban J connectivity index is 1.21. The van der Waals surface area contributed by atoms with Crippen molar-refractivity contribution in [1.82, 2.24) is 29.4 Å². The number of hydrogen-bond acceptors (Lipinski definition) is 10. The zero-order chi connectivity index (χ0) is 32.8. The first-order valence-electron chi connectivity index (χ1n) is 14.6. The number of carbonyl (C=O) groups is 2. The van der Waals surface area contributed by atoms with Gasteiger partial charge in [-0.1, -0.05) is 43.8 Å². The predicted octanol–water partition coefficient (Wildman–Crippen LogP) is 4.32. The van der Waals surface area contributed by atoms with Crippen molar-refractivity contribution in [2.75, 3.05) is 26.0 Å². The zero-order valence-electron chi connectivity index (χ0n) is 25.9. The molecule has 1 N–H and O–H groups in total. The molecule has 1 aliphatic rings. The van der Waals surface area contributed by atoms with Crippen LogP contribution < -0.4 is 10.1 Å². The van der Waals surface area contributed by atoms with Gasteiger partial charge in [-0.25, -0.2) is 13.4 Å². The van der Waals surface area contributed by atoms with Gasteiger partial charge in [0.2, 0.25) is 10.0 Å². The first kappa shape index (κ1) is 33.3. The molecule has 1 atom stereocenters. The van der Waals surface area contributed by atoms with Crippen molar-refractivity contribution in [2.45, 2.75) is 42.9 Å². The molecule has 15 heteroatoms. The van der Waals surface area contributed by atoms with E-state index in [0.29, 0.717) is 36.1 Å². The van der Waals surface area contributed by atoms with Crippen molar-refractivity contribution in [3.63, 3.8) is 0 Å². The summed E-state index contributed by atoms with van der Waals surface area (Å²) in [4.78, 5) is 27.5. The number of thioether (sulfide) groups is 1. The van der Waals surface area contributed by atoms with E-state index in [1.807, 2.05) is 41.8 Å². The fourth-order valence-corrected chi connectivity index (χ4v) is 7.95. The molecule has 0 aliphatic carbocycles. The molecular weight excluding hydrogens is 647 g/mol. The molecular formula is C31H35N7O5S3. The van der Waals surface area contributed by atoms with E-state index in [2.05, 4.69) is 15.5 Å². The van der Waals surface area contributed by atoms with Crippen molar-refractivity contribution in [3.05, 3.63) is 87.9 Å². The van der Waals surface area contributed by atoms with E-state index in [4.69, 9.17) is 9.84 Å². The second-order valence-electron chi connectivity index (χ2n) is 10.3. The maximum Gasteiger partial charge on any atom is 0.253 e. The monoisotopic (exact) mass is 681 g/mol. The average Bonchev–Trinajstić information content (AvgIpc) is 3.84. The molecule has 2 amide bonds. The molecule has 0 fully saturated rings. The van der Waals surface area contributed by atoms with E-state index in [1.54, 1.807) is 48.9 Å². The van der Waals surface area contributed by atoms with Gasteiger partial charge in [0.1, 0.15) is 5.75 Å². The van der Waals surface area contributed by atoms with Crippen molar-refractivity contribution in [1.29, 1.82) is 0 Å². The van der Waals surface area contributed by atoms with Crippen LogP contribution >= 0.6 is 23.1 Å². The highest BCUT2D eigenvalue weighted by Crippen LogP contribution is 2.35. The molecule has 0 radical (unpaired) electrons. The van der Waals surface area contributed by atoms with Crippen LogP contribution in [0.15, 0.2) is 81.2 Å². The van der Waals surface area contributed by atoms with Crippen LogP contribution in [0, 0.1) is 0 Å².